The molecule has 2 unspecified atom stereocenters. The summed E-state index contributed by atoms with van der Waals surface area (Å²) in [4.78, 5) is 7.97. The molecule has 15 heavy (non-hydrogen) atoms. The van der Waals surface area contributed by atoms with Crippen LogP contribution >= 0.6 is 0 Å². The van der Waals surface area contributed by atoms with Crippen LogP contribution in [0.5, 0.6) is 0 Å². The molecule has 3 heteroatoms. The third-order valence-corrected chi connectivity index (χ3v) is 3.50. The van der Waals surface area contributed by atoms with E-state index in [1.807, 2.05) is 0 Å². The van der Waals surface area contributed by atoms with Gasteiger partial charge in [-0.15, -0.1) is 0 Å². The summed E-state index contributed by atoms with van der Waals surface area (Å²) in [6, 6.07) is 0. The van der Waals surface area contributed by atoms with Crippen LogP contribution in [0.4, 0.5) is 0 Å². The number of hydrogen-bond acceptors (Lipinski definition) is 3. The van der Waals surface area contributed by atoms with Gasteiger partial charge in [0.25, 0.3) is 0 Å². The van der Waals surface area contributed by atoms with Crippen LogP contribution in [-0.2, 0) is 5.60 Å². The third-order valence-electron chi connectivity index (χ3n) is 3.50. The molecule has 1 heterocycles. The van der Waals surface area contributed by atoms with Gasteiger partial charge in [0.2, 0.25) is 0 Å². The second-order valence-electron chi connectivity index (χ2n) is 4.53. The molecule has 0 bridgehead atoms. The molecule has 2 atom stereocenters. The first-order valence-electron chi connectivity index (χ1n) is 5.72. The molecule has 1 aromatic rings. The average Bonchev–Trinajstić information content (AvgIpc) is 2.30. The first-order valence-corrected chi connectivity index (χ1v) is 5.72. The molecular formula is C12H18N2O. The van der Waals surface area contributed by atoms with E-state index in [0.717, 1.165) is 31.2 Å². The van der Waals surface area contributed by atoms with Crippen LogP contribution in [0.2, 0.25) is 0 Å². The Bertz CT molecular complexity index is 315. The summed E-state index contributed by atoms with van der Waals surface area (Å²) in [7, 11) is 0. The molecular weight excluding hydrogens is 188 g/mol. The van der Waals surface area contributed by atoms with Gasteiger partial charge in [-0.05, 0) is 25.2 Å². The molecule has 0 spiro atoms. The van der Waals surface area contributed by atoms with E-state index < -0.39 is 5.60 Å². The molecule has 0 saturated heterocycles. The largest absolute Gasteiger partial charge is 0.385 e. The monoisotopic (exact) mass is 206 g/mol. The smallest absolute Gasteiger partial charge is 0.115 e. The minimum absolute atomic E-state index is 0.643. The molecule has 1 saturated carbocycles. The predicted octanol–water partition coefficient (Wildman–Crippen LogP) is 2.26. The highest BCUT2D eigenvalue weighted by Gasteiger charge is 2.35. The first kappa shape index (κ1) is 10.6. The number of aliphatic hydroxyl groups is 1. The number of hydrogen-bond donors (Lipinski definition) is 1. The molecule has 2 rings (SSSR count). The van der Waals surface area contributed by atoms with Crippen molar-refractivity contribution in [2.24, 2.45) is 5.92 Å². The number of rotatable bonds is 2. The Hall–Kier alpha value is -0.960. The molecule has 0 amide bonds. The molecule has 0 aliphatic heterocycles. The maximum atomic E-state index is 10.6. The average molecular weight is 206 g/mol. The van der Waals surface area contributed by atoms with Crippen LogP contribution in [0.3, 0.4) is 0 Å². The van der Waals surface area contributed by atoms with Crippen molar-refractivity contribution < 1.29 is 5.11 Å². The second kappa shape index (κ2) is 4.27. The summed E-state index contributed by atoms with van der Waals surface area (Å²) < 4.78 is 0. The lowest BCUT2D eigenvalue weighted by atomic mass is 9.74. The van der Waals surface area contributed by atoms with Gasteiger partial charge in [-0.3, -0.25) is 0 Å². The van der Waals surface area contributed by atoms with E-state index in [4.69, 9.17) is 0 Å². The fraction of sp³-hybridized carbons (Fsp3) is 0.667. The first-order chi connectivity index (χ1) is 7.24. The highest BCUT2D eigenvalue weighted by atomic mass is 16.3. The summed E-state index contributed by atoms with van der Waals surface area (Å²) >= 11 is 0. The van der Waals surface area contributed by atoms with E-state index >= 15 is 0 Å². The van der Waals surface area contributed by atoms with Crippen molar-refractivity contribution in [2.45, 2.75) is 44.6 Å². The molecule has 3 nitrogen and oxygen atoms in total. The lowest BCUT2D eigenvalue weighted by Crippen LogP contribution is -2.32. The zero-order valence-electron chi connectivity index (χ0n) is 9.19. The summed E-state index contributed by atoms with van der Waals surface area (Å²) in [5.41, 5.74) is 0.198. The molecule has 0 radical (unpaired) electrons. The molecule has 1 N–H and O–H groups in total. The fourth-order valence-corrected chi connectivity index (χ4v) is 2.51. The van der Waals surface area contributed by atoms with Crippen LogP contribution in [0.25, 0.3) is 0 Å². The maximum Gasteiger partial charge on any atom is 0.115 e. The lowest BCUT2D eigenvalue weighted by molar-refractivity contribution is -0.0222. The summed E-state index contributed by atoms with van der Waals surface area (Å²) in [5, 5.41) is 10.6. The number of aromatic nitrogens is 2. The van der Waals surface area contributed by atoms with E-state index in [-0.39, 0.29) is 0 Å². The summed E-state index contributed by atoms with van der Waals surface area (Å²) in [6.07, 6.45) is 10.2. The minimum atomic E-state index is -0.680. The minimum Gasteiger partial charge on any atom is -0.385 e. The fourth-order valence-electron chi connectivity index (χ4n) is 2.51. The van der Waals surface area contributed by atoms with Gasteiger partial charge in [0.1, 0.15) is 6.33 Å². The molecule has 1 aromatic heterocycles. The quantitative estimate of drug-likeness (QED) is 0.807. The Morgan fingerprint density at radius 1 is 1.47 bits per heavy atom. The van der Waals surface area contributed by atoms with Crippen LogP contribution < -0.4 is 0 Å². The lowest BCUT2D eigenvalue weighted by Gasteiger charge is -2.36. The van der Waals surface area contributed by atoms with Crippen molar-refractivity contribution in [1.82, 2.24) is 9.97 Å². The Morgan fingerprint density at radius 3 is 2.87 bits per heavy atom. The van der Waals surface area contributed by atoms with Gasteiger partial charge in [0.15, 0.2) is 0 Å². The molecule has 82 valence electrons. The summed E-state index contributed by atoms with van der Waals surface area (Å²) in [6.45, 7) is 2.19. The van der Waals surface area contributed by atoms with Gasteiger partial charge in [-0.25, -0.2) is 9.97 Å². The van der Waals surface area contributed by atoms with Crippen molar-refractivity contribution in [3.8, 4) is 0 Å². The maximum absolute atomic E-state index is 10.6. The van der Waals surface area contributed by atoms with Crippen molar-refractivity contribution in [2.75, 3.05) is 0 Å². The van der Waals surface area contributed by atoms with E-state index in [2.05, 4.69) is 16.9 Å². The Kier molecular flexibility index (Phi) is 3.00. The third kappa shape index (κ3) is 2.17. The van der Waals surface area contributed by atoms with Crippen molar-refractivity contribution in [1.29, 1.82) is 0 Å². The van der Waals surface area contributed by atoms with E-state index in [1.54, 1.807) is 12.4 Å². The Balaban J connectivity index is 2.19. The van der Waals surface area contributed by atoms with Gasteiger partial charge in [-0.2, -0.15) is 0 Å². The Labute approximate surface area is 90.6 Å². The van der Waals surface area contributed by atoms with Gasteiger partial charge in [-0.1, -0.05) is 19.8 Å². The highest BCUT2D eigenvalue weighted by Crippen LogP contribution is 2.40. The van der Waals surface area contributed by atoms with Crippen LogP contribution in [0.1, 0.15) is 44.6 Å². The zero-order valence-corrected chi connectivity index (χ0v) is 9.19. The van der Waals surface area contributed by atoms with Crippen molar-refractivity contribution in [3.05, 3.63) is 24.3 Å². The van der Waals surface area contributed by atoms with E-state index in [1.165, 1.54) is 12.7 Å². The highest BCUT2D eigenvalue weighted by molar-refractivity contribution is 5.15. The van der Waals surface area contributed by atoms with Crippen LogP contribution in [0, 0.1) is 5.92 Å². The topological polar surface area (TPSA) is 46.0 Å². The van der Waals surface area contributed by atoms with Gasteiger partial charge < -0.3 is 5.11 Å². The molecule has 1 fully saturated rings. The van der Waals surface area contributed by atoms with Gasteiger partial charge in [0, 0.05) is 18.0 Å². The van der Waals surface area contributed by atoms with Gasteiger partial charge in [0.05, 0.1) is 5.60 Å². The predicted molar refractivity (Wildman–Crippen MR) is 58.2 cm³/mol. The van der Waals surface area contributed by atoms with E-state index in [9.17, 15) is 5.11 Å². The zero-order chi connectivity index (χ0) is 10.7. The van der Waals surface area contributed by atoms with Crippen molar-refractivity contribution in [3.63, 3.8) is 0 Å². The van der Waals surface area contributed by atoms with Crippen LogP contribution in [-0.4, -0.2) is 15.1 Å². The summed E-state index contributed by atoms with van der Waals surface area (Å²) in [5.74, 6) is 0.643. The molecule has 1 aliphatic carbocycles. The molecule has 1 aliphatic rings. The number of nitrogens with zero attached hydrogens (tertiary/aromatic N) is 2. The second-order valence-corrected chi connectivity index (χ2v) is 4.53. The SMILES string of the molecule is CCC1CCCC(O)(c2cncnc2)C1. The van der Waals surface area contributed by atoms with E-state index in [0.29, 0.717) is 5.92 Å². The standard InChI is InChI=1S/C12H18N2O/c1-2-10-4-3-5-12(15,6-10)11-7-13-9-14-8-11/h7-10,15H,2-6H2,1H3. The normalized spacial score (nSPS) is 31.5. The Morgan fingerprint density at radius 2 is 2.20 bits per heavy atom. The van der Waals surface area contributed by atoms with Crippen molar-refractivity contribution >= 4 is 0 Å². The van der Waals surface area contributed by atoms with Gasteiger partial charge >= 0.3 is 0 Å². The van der Waals surface area contributed by atoms with Crippen LogP contribution in [0.15, 0.2) is 18.7 Å². The molecule has 0 aromatic carbocycles.